The number of likely N-dealkylation sites (N-methyl/N-ethyl adjacent to an activating group) is 1. The van der Waals surface area contributed by atoms with Crippen molar-refractivity contribution in [3.8, 4) is 0 Å². The zero-order valence-electron chi connectivity index (χ0n) is 16.1. The number of carbonyl (C=O) groups excluding carboxylic acids is 2. The molecule has 0 saturated carbocycles. The molecule has 0 aliphatic rings. The van der Waals surface area contributed by atoms with E-state index in [1.54, 1.807) is 27.8 Å². The number of benzene rings is 1. The van der Waals surface area contributed by atoms with Crippen molar-refractivity contribution in [1.29, 1.82) is 0 Å². The molecule has 0 radical (unpaired) electrons. The molecule has 0 aromatic heterocycles. The second-order valence-electron chi connectivity index (χ2n) is 5.89. The number of halogens is 1. The number of carbonyl (C=O) groups is 2. The minimum Gasteiger partial charge on any atom is -0.343 e. The highest BCUT2D eigenvalue weighted by atomic mass is 35.5. The van der Waals surface area contributed by atoms with Crippen LogP contribution in [0, 0.1) is 0 Å². The molecule has 1 aromatic carbocycles. The fourth-order valence-corrected chi connectivity index (χ4v) is 3.80. The molecule has 0 heterocycles. The zero-order valence-corrected chi connectivity index (χ0v) is 17.8. The lowest BCUT2D eigenvalue weighted by Gasteiger charge is -2.23. The molecular weight excluding hydrogens is 392 g/mol. The van der Waals surface area contributed by atoms with Crippen LogP contribution in [0.5, 0.6) is 0 Å². The van der Waals surface area contributed by atoms with Gasteiger partial charge < -0.3 is 16.0 Å². The topological polar surface area (TPSA) is 113 Å². The standard InChI is InChI=1S/C17H28N4O4S.ClH/c1-5-21(6-2)26(24,25)15-9-7-8-14(10-15)17(23)19-12-16(22)20(4)13(3)11-18;/h7-10,13H,5-6,11-12,18H2,1-4H3,(H,19,23);1H. The predicted molar refractivity (Wildman–Crippen MR) is 107 cm³/mol. The molecule has 0 bridgehead atoms. The predicted octanol–water partition coefficient (Wildman–Crippen LogP) is 0.674. The van der Waals surface area contributed by atoms with Crippen LogP contribution in [0.25, 0.3) is 0 Å². The van der Waals surface area contributed by atoms with Gasteiger partial charge in [0.25, 0.3) is 5.91 Å². The molecule has 0 saturated heterocycles. The van der Waals surface area contributed by atoms with Gasteiger partial charge >= 0.3 is 0 Å². The van der Waals surface area contributed by atoms with Gasteiger partial charge in [0.2, 0.25) is 15.9 Å². The van der Waals surface area contributed by atoms with Crippen LogP contribution in [0.15, 0.2) is 29.2 Å². The number of nitrogens with zero attached hydrogens (tertiary/aromatic N) is 2. The van der Waals surface area contributed by atoms with Crippen LogP contribution in [0.3, 0.4) is 0 Å². The average Bonchev–Trinajstić information content (AvgIpc) is 2.65. The Balaban J connectivity index is 0.00000676. The molecule has 1 rings (SSSR count). The van der Waals surface area contributed by atoms with Crippen LogP contribution in [0.1, 0.15) is 31.1 Å². The molecule has 10 heteroatoms. The summed E-state index contributed by atoms with van der Waals surface area (Å²) in [7, 11) is -2.04. The van der Waals surface area contributed by atoms with Gasteiger partial charge in [-0.05, 0) is 25.1 Å². The first kappa shape index (κ1) is 25.3. The summed E-state index contributed by atoms with van der Waals surface area (Å²) in [4.78, 5) is 25.8. The van der Waals surface area contributed by atoms with E-state index in [4.69, 9.17) is 5.73 Å². The first-order valence-electron chi connectivity index (χ1n) is 8.53. The van der Waals surface area contributed by atoms with Crippen molar-refractivity contribution >= 4 is 34.2 Å². The number of nitrogens with one attached hydrogen (secondary N) is 1. The normalized spacial score (nSPS) is 12.2. The largest absolute Gasteiger partial charge is 0.343 e. The van der Waals surface area contributed by atoms with Gasteiger partial charge in [-0.1, -0.05) is 19.9 Å². The maximum atomic E-state index is 12.6. The van der Waals surface area contributed by atoms with E-state index >= 15 is 0 Å². The van der Waals surface area contributed by atoms with E-state index in [9.17, 15) is 18.0 Å². The van der Waals surface area contributed by atoms with Crippen LogP contribution in [0.4, 0.5) is 0 Å². The van der Waals surface area contributed by atoms with E-state index in [0.717, 1.165) is 0 Å². The number of nitrogens with two attached hydrogens (primary N) is 1. The first-order valence-corrected chi connectivity index (χ1v) is 9.97. The summed E-state index contributed by atoms with van der Waals surface area (Å²) in [6.07, 6.45) is 0. The van der Waals surface area contributed by atoms with Crippen LogP contribution >= 0.6 is 12.4 Å². The maximum absolute atomic E-state index is 12.6. The molecule has 2 amide bonds. The SMILES string of the molecule is CCN(CC)S(=O)(=O)c1cccc(C(=O)NCC(=O)N(C)C(C)CN)c1.Cl. The highest BCUT2D eigenvalue weighted by Crippen LogP contribution is 2.17. The van der Waals surface area contributed by atoms with Crippen molar-refractivity contribution in [2.24, 2.45) is 5.73 Å². The van der Waals surface area contributed by atoms with Crippen molar-refractivity contribution in [2.75, 3.05) is 33.2 Å². The lowest BCUT2D eigenvalue weighted by Crippen LogP contribution is -2.44. The molecule has 27 heavy (non-hydrogen) atoms. The van der Waals surface area contributed by atoms with E-state index < -0.39 is 15.9 Å². The van der Waals surface area contributed by atoms with Crippen molar-refractivity contribution in [3.63, 3.8) is 0 Å². The summed E-state index contributed by atoms with van der Waals surface area (Å²) in [6.45, 7) is 6.13. The smallest absolute Gasteiger partial charge is 0.251 e. The second-order valence-corrected chi connectivity index (χ2v) is 7.83. The number of hydrogen-bond acceptors (Lipinski definition) is 5. The minimum absolute atomic E-state index is 0. The monoisotopic (exact) mass is 420 g/mol. The summed E-state index contributed by atoms with van der Waals surface area (Å²) >= 11 is 0. The summed E-state index contributed by atoms with van der Waals surface area (Å²) in [5.41, 5.74) is 5.70. The summed E-state index contributed by atoms with van der Waals surface area (Å²) in [6, 6.07) is 5.65. The average molecular weight is 421 g/mol. The van der Waals surface area contributed by atoms with Gasteiger partial charge in [0.05, 0.1) is 11.4 Å². The molecule has 1 atom stereocenters. The minimum atomic E-state index is -3.65. The van der Waals surface area contributed by atoms with Crippen LogP contribution in [-0.2, 0) is 14.8 Å². The highest BCUT2D eigenvalue weighted by molar-refractivity contribution is 7.89. The van der Waals surface area contributed by atoms with Crippen LogP contribution in [-0.4, -0.2) is 68.7 Å². The summed E-state index contributed by atoms with van der Waals surface area (Å²) in [5, 5.41) is 2.52. The third-order valence-electron chi connectivity index (χ3n) is 4.24. The Morgan fingerprint density at radius 1 is 1.22 bits per heavy atom. The fourth-order valence-electron chi connectivity index (χ4n) is 2.30. The Labute approximate surface area is 167 Å². The number of sulfonamides is 1. The van der Waals surface area contributed by atoms with Gasteiger partial charge in [0, 0.05) is 38.3 Å². The second kappa shape index (κ2) is 11.2. The fraction of sp³-hybridized carbons (Fsp3) is 0.529. The Kier molecular flexibility index (Phi) is 10.5. The molecular formula is C17H29ClN4O4S. The van der Waals surface area contributed by atoms with Gasteiger partial charge in [-0.25, -0.2) is 8.42 Å². The molecule has 0 spiro atoms. The van der Waals surface area contributed by atoms with Crippen molar-refractivity contribution in [3.05, 3.63) is 29.8 Å². The van der Waals surface area contributed by atoms with E-state index in [-0.39, 0.29) is 41.4 Å². The molecule has 0 aliphatic heterocycles. The highest BCUT2D eigenvalue weighted by Gasteiger charge is 2.23. The zero-order chi connectivity index (χ0) is 19.9. The Morgan fingerprint density at radius 2 is 1.81 bits per heavy atom. The van der Waals surface area contributed by atoms with E-state index in [0.29, 0.717) is 19.6 Å². The summed E-state index contributed by atoms with van der Waals surface area (Å²) < 4.78 is 26.4. The quantitative estimate of drug-likeness (QED) is 0.609. The molecule has 1 unspecified atom stereocenters. The Hall–Kier alpha value is -1.68. The number of hydrogen-bond donors (Lipinski definition) is 2. The maximum Gasteiger partial charge on any atom is 0.251 e. The molecule has 8 nitrogen and oxygen atoms in total. The molecule has 3 N–H and O–H groups in total. The van der Waals surface area contributed by atoms with E-state index in [1.807, 2.05) is 0 Å². The van der Waals surface area contributed by atoms with E-state index in [1.165, 1.54) is 33.5 Å². The Bertz CT molecular complexity index is 738. The van der Waals surface area contributed by atoms with Gasteiger partial charge in [0.1, 0.15) is 0 Å². The molecule has 1 aromatic rings. The lowest BCUT2D eigenvalue weighted by atomic mass is 10.2. The van der Waals surface area contributed by atoms with Gasteiger partial charge in [-0.2, -0.15) is 4.31 Å². The van der Waals surface area contributed by atoms with Crippen molar-refractivity contribution in [2.45, 2.75) is 31.7 Å². The molecule has 0 aliphatic carbocycles. The third kappa shape index (κ3) is 6.46. The first-order chi connectivity index (χ1) is 12.2. The van der Waals surface area contributed by atoms with Crippen LogP contribution < -0.4 is 11.1 Å². The van der Waals surface area contributed by atoms with Gasteiger partial charge in [-0.3, -0.25) is 9.59 Å². The summed E-state index contributed by atoms with van der Waals surface area (Å²) in [5.74, 6) is -0.785. The number of rotatable bonds is 9. The lowest BCUT2D eigenvalue weighted by molar-refractivity contribution is -0.130. The molecule has 0 fully saturated rings. The van der Waals surface area contributed by atoms with Crippen molar-refractivity contribution in [1.82, 2.24) is 14.5 Å². The Morgan fingerprint density at radius 3 is 2.33 bits per heavy atom. The third-order valence-corrected chi connectivity index (χ3v) is 6.28. The van der Waals surface area contributed by atoms with Gasteiger partial charge in [-0.15, -0.1) is 12.4 Å². The van der Waals surface area contributed by atoms with Crippen molar-refractivity contribution < 1.29 is 18.0 Å². The van der Waals surface area contributed by atoms with Crippen LogP contribution in [0.2, 0.25) is 0 Å². The number of amides is 2. The molecule has 154 valence electrons. The van der Waals surface area contributed by atoms with E-state index in [2.05, 4.69) is 5.32 Å². The van der Waals surface area contributed by atoms with Gasteiger partial charge in [0.15, 0.2) is 0 Å².